The molecule has 1 aromatic carbocycles. The van der Waals surface area contributed by atoms with E-state index >= 15 is 0 Å². The lowest BCUT2D eigenvalue weighted by Gasteiger charge is -2.19. The van der Waals surface area contributed by atoms with E-state index in [0.717, 1.165) is 6.42 Å². The van der Waals surface area contributed by atoms with Gasteiger partial charge in [-0.1, -0.05) is 23.2 Å². The Balaban J connectivity index is 2.19. The van der Waals surface area contributed by atoms with Gasteiger partial charge in [0.2, 0.25) is 5.91 Å². The Morgan fingerprint density at radius 3 is 2.78 bits per heavy atom. The van der Waals surface area contributed by atoms with Crippen LogP contribution in [0.5, 0.6) is 0 Å². The first-order valence-corrected chi connectivity index (χ1v) is 6.34. The number of halogens is 2. The highest BCUT2D eigenvalue weighted by atomic mass is 35.5. The number of hydrogen-bond acceptors (Lipinski definition) is 2. The first-order valence-electron chi connectivity index (χ1n) is 5.59. The standard InChI is InChI=1S/C12H12Cl2N2O2/c13-9-3-2-8(6-10(9)14)12(18)16-5-1-4-15-11(17)7-16/h2-3,6H,1,4-5,7H2,(H,15,17). The maximum absolute atomic E-state index is 12.2. The van der Waals surface area contributed by atoms with Crippen molar-refractivity contribution in [1.29, 1.82) is 0 Å². The third kappa shape index (κ3) is 2.94. The molecule has 0 saturated carbocycles. The molecule has 18 heavy (non-hydrogen) atoms. The van der Waals surface area contributed by atoms with Gasteiger partial charge in [0, 0.05) is 18.7 Å². The molecule has 0 spiro atoms. The summed E-state index contributed by atoms with van der Waals surface area (Å²) in [5, 5.41) is 3.46. The molecule has 1 N–H and O–H groups in total. The number of nitrogens with one attached hydrogen (secondary N) is 1. The summed E-state index contributed by atoms with van der Waals surface area (Å²) in [6.07, 6.45) is 0.749. The van der Waals surface area contributed by atoms with Gasteiger partial charge in [0.25, 0.3) is 5.91 Å². The highest BCUT2D eigenvalue weighted by Crippen LogP contribution is 2.23. The summed E-state index contributed by atoms with van der Waals surface area (Å²) in [4.78, 5) is 25.1. The van der Waals surface area contributed by atoms with Crippen molar-refractivity contribution in [2.45, 2.75) is 6.42 Å². The highest BCUT2D eigenvalue weighted by Gasteiger charge is 2.21. The molecule has 2 amide bonds. The molecule has 0 atom stereocenters. The third-order valence-corrected chi connectivity index (χ3v) is 3.45. The molecule has 1 aliphatic heterocycles. The van der Waals surface area contributed by atoms with Crippen LogP contribution in [0.1, 0.15) is 16.8 Å². The van der Waals surface area contributed by atoms with Crippen molar-refractivity contribution in [3.63, 3.8) is 0 Å². The van der Waals surface area contributed by atoms with Crippen LogP contribution in [0, 0.1) is 0 Å². The van der Waals surface area contributed by atoms with Crippen molar-refractivity contribution < 1.29 is 9.59 Å². The minimum Gasteiger partial charge on any atom is -0.354 e. The Bertz CT molecular complexity index is 491. The molecule has 1 aromatic rings. The van der Waals surface area contributed by atoms with E-state index in [2.05, 4.69) is 5.32 Å². The maximum atomic E-state index is 12.2. The minimum atomic E-state index is -0.203. The smallest absolute Gasteiger partial charge is 0.254 e. The first-order chi connectivity index (χ1) is 8.58. The molecular formula is C12H12Cl2N2O2. The van der Waals surface area contributed by atoms with E-state index in [1.165, 1.54) is 11.0 Å². The van der Waals surface area contributed by atoms with Gasteiger partial charge >= 0.3 is 0 Å². The van der Waals surface area contributed by atoms with Crippen molar-refractivity contribution in [2.75, 3.05) is 19.6 Å². The van der Waals surface area contributed by atoms with Crippen molar-refractivity contribution in [1.82, 2.24) is 10.2 Å². The molecule has 2 rings (SSSR count). The van der Waals surface area contributed by atoms with E-state index in [-0.39, 0.29) is 18.4 Å². The van der Waals surface area contributed by atoms with E-state index < -0.39 is 0 Å². The van der Waals surface area contributed by atoms with Crippen molar-refractivity contribution >= 4 is 35.0 Å². The number of hydrogen-bond donors (Lipinski definition) is 1. The molecule has 96 valence electrons. The third-order valence-electron chi connectivity index (χ3n) is 2.72. The van der Waals surface area contributed by atoms with Crippen LogP contribution in [0.3, 0.4) is 0 Å². The number of carbonyl (C=O) groups is 2. The second-order valence-electron chi connectivity index (χ2n) is 4.06. The number of rotatable bonds is 1. The molecule has 0 radical (unpaired) electrons. The molecule has 6 heteroatoms. The molecule has 0 unspecified atom stereocenters. The highest BCUT2D eigenvalue weighted by molar-refractivity contribution is 6.42. The SMILES string of the molecule is O=C1CN(C(=O)c2ccc(Cl)c(Cl)c2)CCCN1. The van der Waals surface area contributed by atoms with E-state index in [1.807, 2.05) is 0 Å². The normalized spacial score (nSPS) is 16.1. The summed E-state index contributed by atoms with van der Waals surface area (Å²) in [5.74, 6) is -0.341. The summed E-state index contributed by atoms with van der Waals surface area (Å²) < 4.78 is 0. The van der Waals surface area contributed by atoms with E-state index in [1.54, 1.807) is 12.1 Å². The predicted molar refractivity (Wildman–Crippen MR) is 70.0 cm³/mol. The van der Waals surface area contributed by atoms with Gasteiger partial charge in [-0.3, -0.25) is 9.59 Å². The number of carbonyl (C=O) groups excluding carboxylic acids is 2. The molecule has 0 aromatic heterocycles. The monoisotopic (exact) mass is 286 g/mol. The van der Waals surface area contributed by atoms with Crippen LogP contribution >= 0.6 is 23.2 Å². The number of nitrogens with zero attached hydrogens (tertiary/aromatic N) is 1. The first kappa shape index (κ1) is 13.2. The van der Waals surface area contributed by atoms with Crippen LogP contribution in [0.4, 0.5) is 0 Å². The lowest BCUT2D eigenvalue weighted by atomic mass is 10.2. The Labute approximate surface area is 115 Å². The summed E-state index contributed by atoms with van der Waals surface area (Å²) >= 11 is 11.7. The Hall–Kier alpha value is -1.26. The predicted octanol–water partition coefficient (Wildman–Crippen LogP) is 1.96. The lowest BCUT2D eigenvalue weighted by Crippen LogP contribution is -2.37. The Kier molecular flexibility index (Phi) is 4.09. The van der Waals surface area contributed by atoms with Gasteiger partial charge in [-0.2, -0.15) is 0 Å². The fraction of sp³-hybridized carbons (Fsp3) is 0.333. The zero-order valence-electron chi connectivity index (χ0n) is 9.58. The summed E-state index contributed by atoms with van der Waals surface area (Å²) in [5.41, 5.74) is 0.444. The quantitative estimate of drug-likeness (QED) is 0.858. The summed E-state index contributed by atoms with van der Waals surface area (Å²) in [6, 6.07) is 4.71. The zero-order chi connectivity index (χ0) is 13.1. The second kappa shape index (κ2) is 5.59. The number of benzene rings is 1. The molecular weight excluding hydrogens is 275 g/mol. The minimum absolute atomic E-state index is 0.0824. The van der Waals surface area contributed by atoms with Gasteiger partial charge in [-0.15, -0.1) is 0 Å². The van der Waals surface area contributed by atoms with Gasteiger partial charge in [0.15, 0.2) is 0 Å². The van der Waals surface area contributed by atoms with Crippen LogP contribution in [0.15, 0.2) is 18.2 Å². The van der Waals surface area contributed by atoms with Gasteiger partial charge in [0.1, 0.15) is 0 Å². The average molecular weight is 287 g/mol. The Morgan fingerprint density at radius 2 is 2.06 bits per heavy atom. The fourth-order valence-corrected chi connectivity index (χ4v) is 2.09. The van der Waals surface area contributed by atoms with Crippen molar-refractivity contribution in [3.8, 4) is 0 Å². The van der Waals surface area contributed by atoms with Crippen molar-refractivity contribution in [3.05, 3.63) is 33.8 Å². The zero-order valence-corrected chi connectivity index (χ0v) is 11.1. The molecule has 1 saturated heterocycles. The van der Waals surface area contributed by atoms with Gasteiger partial charge < -0.3 is 10.2 Å². The van der Waals surface area contributed by atoms with E-state index in [4.69, 9.17) is 23.2 Å². The van der Waals surface area contributed by atoms with Gasteiger partial charge in [0.05, 0.1) is 16.6 Å². The topological polar surface area (TPSA) is 49.4 Å². The molecule has 0 aliphatic carbocycles. The summed E-state index contributed by atoms with van der Waals surface area (Å²) in [7, 11) is 0. The number of amides is 2. The molecule has 1 heterocycles. The average Bonchev–Trinajstić information content (AvgIpc) is 2.56. The lowest BCUT2D eigenvalue weighted by molar-refractivity contribution is -0.121. The molecule has 4 nitrogen and oxygen atoms in total. The van der Waals surface area contributed by atoms with Gasteiger partial charge in [-0.25, -0.2) is 0 Å². The van der Waals surface area contributed by atoms with Gasteiger partial charge in [-0.05, 0) is 24.6 Å². The second-order valence-corrected chi connectivity index (χ2v) is 4.87. The van der Waals surface area contributed by atoms with E-state index in [0.29, 0.717) is 28.7 Å². The van der Waals surface area contributed by atoms with Crippen LogP contribution < -0.4 is 5.32 Å². The fourth-order valence-electron chi connectivity index (χ4n) is 1.79. The maximum Gasteiger partial charge on any atom is 0.254 e. The van der Waals surface area contributed by atoms with Crippen LogP contribution in [-0.4, -0.2) is 36.3 Å². The summed E-state index contributed by atoms with van der Waals surface area (Å²) in [6.45, 7) is 1.24. The van der Waals surface area contributed by atoms with Crippen molar-refractivity contribution in [2.24, 2.45) is 0 Å². The van der Waals surface area contributed by atoms with Crippen LogP contribution in [0.25, 0.3) is 0 Å². The van der Waals surface area contributed by atoms with E-state index in [9.17, 15) is 9.59 Å². The Morgan fingerprint density at radius 1 is 1.28 bits per heavy atom. The molecule has 1 aliphatic rings. The van der Waals surface area contributed by atoms with Crippen LogP contribution in [0.2, 0.25) is 10.0 Å². The molecule has 1 fully saturated rings. The van der Waals surface area contributed by atoms with Crippen LogP contribution in [-0.2, 0) is 4.79 Å². The molecule has 0 bridgehead atoms. The largest absolute Gasteiger partial charge is 0.354 e.